The summed E-state index contributed by atoms with van der Waals surface area (Å²) in [4.78, 5) is 34.9. The van der Waals surface area contributed by atoms with Gasteiger partial charge >= 0.3 is 0 Å². The van der Waals surface area contributed by atoms with E-state index in [4.69, 9.17) is 9.72 Å². The summed E-state index contributed by atoms with van der Waals surface area (Å²) >= 11 is 1.41. The number of likely N-dealkylation sites (tertiary alicyclic amines) is 1. The standard InChI is InChI=1S/C27H31N3O3S/c1-5-8-10-21(18(4)9-6-2)20(7-3)23-13-34-25(29-23)22-11-19(12-28-24(22)31)26(32)30-14-27(15-30)16-33-17-27/h5,7-8,10-13H,1,6,9,14-17H2,2-4H3,(H,28,31)/b10-8-,20-7+,21-18-. The third kappa shape index (κ3) is 4.63. The number of hydrogen-bond acceptors (Lipinski definition) is 5. The Kier molecular flexibility index (Phi) is 7.14. The van der Waals surface area contributed by atoms with Crippen molar-refractivity contribution < 1.29 is 9.53 Å². The predicted octanol–water partition coefficient (Wildman–Crippen LogP) is 5.23. The van der Waals surface area contributed by atoms with Gasteiger partial charge in [-0.05, 0) is 31.9 Å². The van der Waals surface area contributed by atoms with E-state index in [0.29, 0.717) is 29.2 Å². The van der Waals surface area contributed by atoms with Gasteiger partial charge in [-0.1, -0.05) is 49.8 Å². The van der Waals surface area contributed by atoms with Crippen molar-refractivity contribution in [2.75, 3.05) is 26.3 Å². The summed E-state index contributed by atoms with van der Waals surface area (Å²) in [6, 6.07) is 1.66. The van der Waals surface area contributed by atoms with Crippen molar-refractivity contribution in [2.24, 2.45) is 5.41 Å². The largest absolute Gasteiger partial charge is 0.380 e. The Morgan fingerprint density at radius 3 is 2.76 bits per heavy atom. The average Bonchev–Trinajstić information content (AvgIpc) is 3.24. The maximum Gasteiger partial charge on any atom is 0.258 e. The van der Waals surface area contributed by atoms with Crippen LogP contribution >= 0.6 is 11.3 Å². The minimum absolute atomic E-state index is 0.0732. The summed E-state index contributed by atoms with van der Waals surface area (Å²) in [7, 11) is 0. The highest BCUT2D eigenvalue weighted by Gasteiger charge is 2.50. The van der Waals surface area contributed by atoms with E-state index < -0.39 is 0 Å². The first-order chi connectivity index (χ1) is 16.4. The Balaban J connectivity index is 1.62. The van der Waals surface area contributed by atoms with Gasteiger partial charge in [-0.25, -0.2) is 4.98 Å². The van der Waals surface area contributed by atoms with Crippen LogP contribution in [-0.4, -0.2) is 47.1 Å². The Hall–Kier alpha value is -3.03. The molecule has 0 bridgehead atoms. The third-order valence-corrected chi connectivity index (χ3v) is 7.26. The lowest BCUT2D eigenvalue weighted by Crippen LogP contribution is -2.67. The Labute approximate surface area is 204 Å². The van der Waals surface area contributed by atoms with E-state index in [1.165, 1.54) is 23.1 Å². The van der Waals surface area contributed by atoms with Crippen LogP contribution in [0.5, 0.6) is 0 Å². The van der Waals surface area contributed by atoms with Crippen LogP contribution in [-0.2, 0) is 4.74 Å². The van der Waals surface area contributed by atoms with Crippen LogP contribution in [0.1, 0.15) is 49.7 Å². The highest BCUT2D eigenvalue weighted by atomic mass is 32.1. The highest BCUT2D eigenvalue weighted by molar-refractivity contribution is 7.13. The van der Waals surface area contributed by atoms with E-state index in [1.807, 2.05) is 23.3 Å². The number of hydrogen-bond donors (Lipinski definition) is 1. The number of H-pyrrole nitrogens is 1. The molecule has 2 aromatic rings. The fourth-order valence-electron chi connectivity index (χ4n) is 4.53. The monoisotopic (exact) mass is 477 g/mol. The summed E-state index contributed by atoms with van der Waals surface area (Å²) < 4.78 is 5.29. The Bertz CT molecular complexity index is 1240. The molecular weight excluding hydrogens is 446 g/mol. The fourth-order valence-corrected chi connectivity index (χ4v) is 5.36. The maximum atomic E-state index is 13.0. The van der Waals surface area contributed by atoms with E-state index in [2.05, 4.69) is 37.6 Å². The number of thiazole rings is 1. The third-order valence-electron chi connectivity index (χ3n) is 6.38. The van der Waals surface area contributed by atoms with E-state index in [1.54, 1.807) is 12.1 Å². The van der Waals surface area contributed by atoms with Crippen LogP contribution in [0.3, 0.4) is 0 Å². The lowest BCUT2D eigenvalue weighted by atomic mass is 9.78. The molecular formula is C27H31N3O3S. The average molecular weight is 478 g/mol. The van der Waals surface area contributed by atoms with Crippen LogP contribution in [0.2, 0.25) is 0 Å². The molecule has 7 heteroatoms. The second-order valence-electron chi connectivity index (χ2n) is 9.06. The van der Waals surface area contributed by atoms with Crippen molar-refractivity contribution >= 4 is 22.8 Å². The first-order valence-corrected chi connectivity index (χ1v) is 12.5. The molecule has 178 valence electrons. The molecule has 0 aliphatic carbocycles. The van der Waals surface area contributed by atoms with Gasteiger partial charge in [0.25, 0.3) is 11.5 Å². The molecule has 0 radical (unpaired) electrons. The molecule has 2 fully saturated rings. The second kappa shape index (κ2) is 10.1. The van der Waals surface area contributed by atoms with Gasteiger partial charge in [0.1, 0.15) is 5.01 Å². The predicted molar refractivity (Wildman–Crippen MR) is 138 cm³/mol. The molecule has 2 aliphatic heterocycles. The van der Waals surface area contributed by atoms with Crippen LogP contribution in [0.25, 0.3) is 16.1 Å². The minimum atomic E-state index is -0.253. The van der Waals surface area contributed by atoms with E-state index >= 15 is 0 Å². The van der Waals surface area contributed by atoms with Crippen LogP contribution in [0.15, 0.2) is 64.5 Å². The molecule has 6 nitrogen and oxygen atoms in total. The Morgan fingerprint density at radius 1 is 1.38 bits per heavy atom. The first-order valence-electron chi connectivity index (χ1n) is 11.6. The lowest BCUT2D eigenvalue weighted by Gasteiger charge is -2.54. The maximum absolute atomic E-state index is 13.0. The summed E-state index contributed by atoms with van der Waals surface area (Å²) in [6.07, 6.45) is 11.3. The molecule has 1 N–H and O–H groups in total. The van der Waals surface area contributed by atoms with E-state index in [0.717, 1.165) is 42.9 Å². The number of amides is 1. The number of allylic oxidation sites excluding steroid dienone is 7. The number of aromatic nitrogens is 2. The van der Waals surface area contributed by atoms with Gasteiger partial charge in [-0.3, -0.25) is 9.59 Å². The SMILES string of the molecule is C=C\C=C/C(=C(\C)CCC)C(=C\C)/c1csc(-c2cc(C(=O)N3CC4(COC4)C3)c[nH]c2=O)n1. The van der Waals surface area contributed by atoms with Gasteiger partial charge in [0.2, 0.25) is 0 Å². The number of aromatic amines is 1. The van der Waals surface area contributed by atoms with Gasteiger partial charge in [-0.2, -0.15) is 0 Å². The number of nitrogens with one attached hydrogen (secondary N) is 1. The summed E-state index contributed by atoms with van der Waals surface area (Å²) in [5, 5.41) is 2.56. The molecule has 0 aromatic carbocycles. The number of ether oxygens (including phenoxy) is 1. The number of pyridine rings is 1. The van der Waals surface area contributed by atoms with Gasteiger partial charge < -0.3 is 14.6 Å². The van der Waals surface area contributed by atoms with Crippen molar-refractivity contribution in [3.63, 3.8) is 0 Å². The summed E-state index contributed by atoms with van der Waals surface area (Å²) in [6.45, 7) is 12.9. The number of rotatable bonds is 8. The number of carbonyl (C=O) groups excluding carboxylic acids is 1. The zero-order chi connectivity index (χ0) is 24.3. The van der Waals surface area contributed by atoms with Crippen molar-refractivity contribution in [3.8, 4) is 10.6 Å². The van der Waals surface area contributed by atoms with Crippen molar-refractivity contribution in [1.82, 2.24) is 14.9 Å². The molecule has 2 aliphatic rings. The normalized spacial score (nSPS) is 18.0. The van der Waals surface area contributed by atoms with Crippen LogP contribution in [0.4, 0.5) is 0 Å². The van der Waals surface area contributed by atoms with E-state index in [9.17, 15) is 9.59 Å². The number of nitrogens with zero attached hydrogens (tertiary/aromatic N) is 2. The van der Waals surface area contributed by atoms with Gasteiger partial charge in [0.05, 0.1) is 35.4 Å². The molecule has 0 atom stereocenters. The van der Waals surface area contributed by atoms with Gasteiger partial charge in [0.15, 0.2) is 0 Å². The second-order valence-corrected chi connectivity index (χ2v) is 9.92. The van der Waals surface area contributed by atoms with Crippen LogP contribution in [0, 0.1) is 5.41 Å². The number of carbonyl (C=O) groups is 1. The summed E-state index contributed by atoms with van der Waals surface area (Å²) in [5.41, 5.74) is 5.00. The Morgan fingerprint density at radius 2 is 2.15 bits per heavy atom. The van der Waals surface area contributed by atoms with Crippen molar-refractivity contribution in [2.45, 2.75) is 33.6 Å². The van der Waals surface area contributed by atoms with Gasteiger partial charge in [-0.15, -0.1) is 11.3 Å². The highest BCUT2D eigenvalue weighted by Crippen LogP contribution is 2.38. The lowest BCUT2D eigenvalue weighted by molar-refractivity contribution is -0.176. The van der Waals surface area contributed by atoms with Gasteiger partial charge in [0, 0.05) is 30.2 Å². The molecule has 2 saturated heterocycles. The minimum Gasteiger partial charge on any atom is -0.380 e. The molecule has 0 unspecified atom stereocenters. The molecule has 4 heterocycles. The molecule has 1 spiro atoms. The van der Waals surface area contributed by atoms with Crippen molar-refractivity contribution in [3.05, 3.63) is 81.3 Å². The zero-order valence-electron chi connectivity index (χ0n) is 20.0. The molecule has 1 amide bonds. The smallest absolute Gasteiger partial charge is 0.258 e. The zero-order valence-corrected chi connectivity index (χ0v) is 20.8. The van der Waals surface area contributed by atoms with Crippen LogP contribution < -0.4 is 5.56 Å². The topological polar surface area (TPSA) is 75.3 Å². The summed E-state index contributed by atoms with van der Waals surface area (Å²) in [5.74, 6) is -0.0732. The van der Waals surface area contributed by atoms with E-state index in [-0.39, 0.29) is 16.9 Å². The quantitative estimate of drug-likeness (QED) is 0.528. The molecule has 0 saturated carbocycles. The fraction of sp³-hybridized carbons (Fsp3) is 0.370. The molecule has 34 heavy (non-hydrogen) atoms. The van der Waals surface area contributed by atoms with Crippen molar-refractivity contribution in [1.29, 1.82) is 0 Å². The molecule has 2 aromatic heterocycles. The molecule has 4 rings (SSSR count). The first kappa shape index (κ1) is 24.1.